The highest BCUT2D eigenvalue weighted by Gasteiger charge is 2.27. The fraction of sp³-hybridized carbons (Fsp3) is 0.786. The van der Waals surface area contributed by atoms with Crippen LogP contribution in [0.3, 0.4) is 0 Å². The number of methoxy groups -OCH3 is 1. The average molecular weight is 321 g/mol. The molecule has 0 aliphatic heterocycles. The lowest BCUT2D eigenvalue weighted by Crippen LogP contribution is -2.44. The minimum atomic E-state index is -1.87. The average Bonchev–Trinajstić information content (AvgIpc) is 2.40. The summed E-state index contributed by atoms with van der Waals surface area (Å²) in [6.07, 6.45) is -3.10. The van der Waals surface area contributed by atoms with Gasteiger partial charge in [0.1, 0.15) is 11.6 Å². The molecule has 0 saturated heterocycles. The smallest absolute Gasteiger partial charge is 0.408 e. The Morgan fingerprint density at radius 3 is 2.18 bits per heavy atom. The Morgan fingerprint density at radius 2 is 1.73 bits per heavy atom. The molecule has 1 N–H and O–H groups in total. The van der Waals surface area contributed by atoms with E-state index in [4.69, 9.17) is 4.74 Å². The second kappa shape index (κ2) is 9.22. The lowest BCUT2D eigenvalue weighted by atomic mass is 10.1. The summed E-state index contributed by atoms with van der Waals surface area (Å²) in [5.41, 5.74) is -0.738. The zero-order valence-electron chi connectivity index (χ0n) is 13.6. The van der Waals surface area contributed by atoms with Crippen LogP contribution in [0.1, 0.15) is 40.5 Å². The maximum atomic E-state index is 13.5. The van der Waals surface area contributed by atoms with Crippen molar-refractivity contribution < 1.29 is 33.0 Å². The van der Waals surface area contributed by atoms with Gasteiger partial charge in [0.15, 0.2) is 6.17 Å². The predicted octanol–water partition coefficient (Wildman–Crippen LogP) is 1.73. The van der Waals surface area contributed by atoms with Crippen LogP contribution in [0.4, 0.5) is 9.18 Å². The van der Waals surface area contributed by atoms with Gasteiger partial charge in [0.25, 0.3) is 0 Å². The number of carbonyl (C=O) groups is 3. The zero-order valence-corrected chi connectivity index (χ0v) is 13.6. The van der Waals surface area contributed by atoms with Gasteiger partial charge >= 0.3 is 18.0 Å². The highest BCUT2D eigenvalue weighted by molar-refractivity contribution is 5.81. The van der Waals surface area contributed by atoms with Crippen LogP contribution >= 0.6 is 0 Å². The first-order valence-electron chi connectivity index (χ1n) is 6.98. The Labute approximate surface area is 129 Å². The fourth-order valence-corrected chi connectivity index (χ4v) is 1.50. The molecule has 128 valence electrons. The van der Waals surface area contributed by atoms with E-state index in [1.807, 2.05) is 0 Å². The fourth-order valence-electron chi connectivity index (χ4n) is 1.50. The standard InChI is InChI=1S/C14H24FNO6/c1-6-21-11(17)9(15)7-8-10(12(18)20-5)16-13(19)22-14(2,3)4/h9-10H,6-8H2,1-5H3,(H,16,19)/t9?,10-/m0/s1. The number of nitrogens with one attached hydrogen (secondary N) is 1. The minimum absolute atomic E-state index is 0.0653. The van der Waals surface area contributed by atoms with E-state index >= 15 is 0 Å². The van der Waals surface area contributed by atoms with E-state index in [1.54, 1.807) is 27.7 Å². The Morgan fingerprint density at radius 1 is 1.14 bits per heavy atom. The first kappa shape index (κ1) is 20.1. The molecule has 0 aliphatic carbocycles. The molecule has 0 saturated carbocycles. The molecule has 0 radical (unpaired) electrons. The Kier molecular flexibility index (Phi) is 8.44. The van der Waals surface area contributed by atoms with E-state index in [-0.39, 0.29) is 19.4 Å². The van der Waals surface area contributed by atoms with Crippen LogP contribution in [0.15, 0.2) is 0 Å². The SMILES string of the molecule is CCOC(=O)C(F)CC[C@H](NC(=O)OC(C)(C)C)C(=O)OC. The van der Waals surface area contributed by atoms with Crippen LogP contribution in [0.2, 0.25) is 0 Å². The molecule has 22 heavy (non-hydrogen) atoms. The molecule has 2 atom stereocenters. The largest absolute Gasteiger partial charge is 0.467 e. The van der Waals surface area contributed by atoms with Crippen molar-refractivity contribution >= 4 is 18.0 Å². The molecule has 7 nitrogen and oxygen atoms in total. The van der Waals surface area contributed by atoms with Gasteiger partial charge in [-0.25, -0.2) is 18.8 Å². The van der Waals surface area contributed by atoms with Crippen LogP contribution in [0, 0.1) is 0 Å². The number of ether oxygens (including phenoxy) is 3. The van der Waals surface area contributed by atoms with E-state index in [9.17, 15) is 18.8 Å². The maximum absolute atomic E-state index is 13.5. The summed E-state index contributed by atoms with van der Waals surface area (Å²) in [4.78, 5) is 34.4. The number of carbonyl (C=O) groups excluding carboxylic acids is 3. The Bertz CT molecular complexity index is 393. The van der Waals surface area contributed by atoms with Crippen LogP contribution in [0.5, 0.6) is 0 Å². The van der Waals surface area contributed by atoms with E-state index in [0.717, 1.165) is 7.11 Å². The van der Waals surface area contributed by atoms with Crippen LogP contribution in [-0.2, 0) is 23.8 Å². The topological polar surface area (TPSA) is 90.9 Å². The van der Waals surface area contributed by atoms with Crippen molar-refractivity contribution in [3.63, 3.8) is 0 Å². The highest BCUT2D eigenvalue weighted by Crippen LogP contribution is 2.11. The summed E-state index contributed by atoms with van der Waals surface area (Å²) >= 11 is 0. The Balaban J connectivity index is 4.57. The summed E-state index contributed by atoms with van der Waals surface area (Å²) in [7, 11) is 1.14. The van der Waals surface area contributed by atoms with Crippen molar-refractivity contribution in [3.8, 4) is 0 Å². The van der Waals surface area contributed by atoms with E-state index in [1.165, 1.54) is 0 Å². The molecule has 1 amide bonds. The van der Waals surface area contributed by atoms with Crippen molar-refractivity contribution in [3.05, 3.63) is 0 Å². The molecule has 0 bridgehead atoms. The lowest BCUT2D eigenvalue weighted by Gasteiger charge is -2.22. The van der Waals surface area contributed by atoms with Gasteiger partial charge in [-0.05, 0) is 40.5 Å². The first-order chi connectivity index (χ1) is 10.1. The number of alkyl halides is 1. The highest BCUT2D eigenvalue weighted by atomic mass is 19.1. The number of amides is 1. The maximum Gasteiger partial charge on any atom is 0.408 e. The van der Waals surface area contributed by atoms with Crippen molar-refractivity contribution in [1.29, 1.82) is 0 Å². The molecule has 0 aliphatic rings. The zero-order chi connectivity index (χ0) is 17.3. The van der Waals surface area contributed by atoms with Gasteiger partial charge in [-0.1, -0.05) is 0 Å². The van der Waals surface area contributed by atoms with Gasteiger partial charge in [-0.3, -0.25) is 0 Å². The van der Waals surface area contributed by atoms with Crippen molar-refractivity contribution in [1.82, 2.24) is 5.32 Å². The van der Waals surface area contributed by atoms with E-state index < -0.39 is 35.8 Å². The third-order valence-electron chi connectivity index (χ3n) is 2.43. The minimum Gasteiger partial charge on any atom is -0.467 e. The monoisotopic (exact) mass is 321 g/mol. The number of esters is 2. The lowest BCUT2D eigenvalue weighted by molar-refractivity contribution is -0.150. The van der Waals surface area contributed by atoms with Crippen molar-refractivity contribution in [2.75, 3.05) is 13.7 Å². The van der Waals surface area contributed by atoms with Crippen LogP contribution in [0.25, 0.3) is 0 Å². The molecule has 0 heterocycles. The summed E-state index contributed by atoms with van der Waals surface area (Å²) in [6.45, 7) is 6.62. The number of alkyl carbamates (subject to hydrolysis) is 1. The van der Waals surface area contributed by atoms with Crippen LogP contribution in [-0.4, -0.2) is 49.6 Å². The summed E-state index contributed by atoms with van der Waals surface area (Å²) in [5, 5.41) is 2.30. The Hall–Kier alpha value is -1.86. The molecule has 0 aromatic heterocycles. The quantitative estimate of drug-likeness (QED) is 0.567. The molecule has 1 unspecified atom stereocenters. The third kappa shape index (κ3) is 8.43. The van der Waals surface area contributed by atoms with Crippen LogP contribution < -0.4 is 5.32 Å². The number of hydrogen-bond acceptors (Lipinski definition) is 6. The van der Waals surface area contributed by atoms with Gasteiger partial charge < -0.3 is 19.5 Å². The van der Waals surface area contributed by atoms with Crippen molar-refractivity contribution in [2.24, 2.45) is 0 Å². The predicted molar refractivity (Wildman–Crippen MR) is 75.9 cm³/mol. The van der Waals surface area contributed by atoms with E-state index in [0.29, 0.717) is 0 Å². The molecule has 0 spiro atoms. The number of halogens is 1. The van der Waals surface area contributed by atoms with Crippen molar-refractivity contribution in [2.45, 2.75) is 58.4 Å². The molecular formula is C14H24FNO6. The summed E-state index contributed by atoms with van der Waals surface area (Å²) in [5.74, 6) is -1.75. The second-order valence-electron chi connectivity index (χ2n) is 5.52. The first-order valence-corrected chi connectivity index (χ1v) is 6.98. The molecule has 0 aromatic carbocycles. The number of hydrogen-bond donors (Lipinski definition) is 1. The van der Waals surface area contributed by atoms with E-state index in [2.05, 4.69) is 14.8 Å². The molecular weight excluding hydrogens is 297 g/mol. The van der Waals surface area contributed by atoms with Gasteiger partial charge in [-0.15, -0.1) is 0 Å². The normalized spacial score (nSPS) is 13.7. The molecule has 8 heteroatoms. The van der Waals surface area contributed by atoms with Gasteiger partial charge in [-0.2, -0.15) is 0 Å². The molecule has 0 fully saturated rings. The summed E-state index contributed by atoms with van der Waals surface area (Å²) in [6, 6.07) is -1.10. The van der Waals surface area contributed by atoms with Gasteiger partial charge in [0.05, 0.1) is 13.7 Å². The molecule has 0 aromatic rings. The summed E-state index contributed by atoms with van der Waals surface area (Å²) < 4.78 is 27.6. The molecule has 0 rings (SSSR count). The van der Waals surface area contributed by atoms with Gasteiger partial charge in [0, 0.05) is 0 Å². The third-order valence-corrected chi connectivity index (χ3v) is 2.43. The number of rotatable bonds is 7. The second-order valence-corrected chi connectivity index (χ2v) is 5.52. The van der Waals surface area contributed by atoms with Gasteiger partial charge in [0.2, 0.25) is 0 Å².